The Morgan fingerprint density at radius 1 is 1.04 bits per heavy atom. The van der Waals surface area contributed by atoms with Crippen molar-refractivity contribution >= 4 is 7.60 Å². The van der Waals surface area contributed by atoms with Crippen LogP contribution in [0.5, 0.6) is 11.5 Å². The van der Waals surface area contributed by atoms with Crippen molar-refractivity contribution in [2.45, 2.75) is 32.7 Å². The van der Waals surface area contributed by atoms with E-state index in [1.54, 1.807) is 0 Å². The van der Waals surface area contributed by atoms with E-state index in [1.807, 2.05) is 50.2 Å². The SMILES string of the molecule is CCOP(=O)(CNC(CCc1ccccc1)c1ccc2c(c1)OCO2)OCC. The number of rotatable bonds is 11. The van der Waals surface area contributed by atoms with E-state index in [1.165, 1.54) is 5.56 Å². The van der Waals surface area contributed by atoms with Gasteiger partial charge in [-0.25, -0.2) is 0 Å². The van der Waals surface area contributed by atoms with Crippen molar-refractivity contribution in [3.8, 4) is 11.5 Å². The summed E-state index contributed by atoms with van der Waals surface area (Å²) in [6.45, 7) is 4.56. The highest BCUT2D eigenvalue weighted by atomic mass is 31.2. The van der Waals surface area contributed by atoms with Crippen LogP contribution in [0.1, 0.15) is 37.4 Å². The molecule has 6 nitrogen and oxygen atoms in total. The topological polar surface area (TPSA) is 66.0 Å². The van der Waals surface area contributed by atoms with Crippen LogP contribution in [-0.4, -0.2) is 26.3 Å². The van der Waals surface area contributed by atoms with E-state index in [0.29, 0.717) is 13.2 Å². The molecular weight excluding hydrogens is 377 g/mol. The normalized spacial score (nSPS) is 14.2. The van der Waals surface area contributed by atoms with Crippen LogP contribution >= 0.6 is 7.60 Å². The Labute approximate surface area is 166 Å². The molecule has 1 atom stereocenters. The third-order valence-electron chi connectivity index (χ3n) is 4.55. The lowest BCUT2D eigenvalue weighted by Crippen LogP contribution is -2.24. The number of hydrogen-bond donors (Lipinski definition) is 1. The second-order valence-corrected chi connectivity index (χ2v) is 8.55. The van der Waals surface area contributed by atoms with Gasteiger partial charge in [-0.2, -0.15) is 0 Å². The number of hydrogen-bond acceptors (Lipinski definition) is 6. The number of ether oxygens (including phenoxy) is 2. The zero-order chi connectivity index (χ0) is 19.8. The molecule has 0 spiro atoms. The van der Waals surface area contributed by atoms with Gasteiger partial charge in [-0.05, 0) is 49.9 Å². The highest BCUT2D eigenvalue weighted by molar-refractivity contribution is 7.53. The van der Waals surface area contributed by atoms with Crippen LogP contribution < -0.4 is 14.8 Å². The molecule has 0 radical (unpaired) electrons. The fourth-order valence-corrected chi connectivity index (χ4v) is 4.70. The summed E-state index contributed by atoms with van der Waals surface area (Å²) in [4.78, 5) is 0. The van der Waals surface area contributed by atoms with E-state index in [-0.39, 0.29) is 19.1 Å². The standard InChI is InChI=1S/C21H28NO5P/c1-3-26-28(23,27-4-2)15-22-19(12-10-17-8-6-5-7-9-17)18-11-13-20-21(14-18)25-16-24-20/h5-9,11,13-14,19,22H,3-4,10,12,15-16H2,1-2H3. The molecule has 1 aliphatic rings. The molecule has 3 rings (SSSR count). The van der Waals surface area contributed by atoms with Gasteiger partial charge in [0.15, 0.2) is 11.5 Å². The summed E-state index contributed by atoms with van der Waals surface area (Å²) in [5.74, 6) is 1.49. The van der Waals surface area contributed by atoms with Gasteiger partial charge in [0.25, 0.3) is 0 Å². The molecule has 2 aromatic carbocycles. The summed E-state index contributed by atoms with van der Waals surface area (Å²) in [5.41, 5.74) is 2.31. The molecule has 0 amide bonds. The molecule has 0 fully saturated rings. The summed E-state index contributed by atoms with van der Waals surface area (Å²) in [7, 11) is -3.17. The summed E-state index contributed by atoms with van der Waals surface area (Å²) in [6, 6.07) is 16.2. The zero-order valence-corrected chi connectivity index (χ0v) is 17.3. The lowest BCUT2D eigenvalue weighted by Gasteiger charge is -2.23. The Hall–Kier alpha value is -1.85. The number of benzene rings is 2. The minimum Gasteiger partial charge on any atom is -0.454 e. The summed E-state index contributed by atoms with van der Waals surface area (Å²) in [5, 5.41) is 3.40. The lowest BCUT2D eigenvalue weighted by atomic mass is 9.99. The average molecular weight is 405 g/mol. The second kappa shape index (κ2) is 10.1. The molecule has 1 N–H and O–H groups in total. The lowest BCUT2D eigenvalue weighted by molar-refractivity contribution is 0.174. The zero-order valence-electron chi connectivity index (χ0n) is 16.4. The molecule has 7 heteroatoms. The van der Waals surface area contributed by atoms with Gasteiger partial charge in [-0.1, -0.05) is 36.4 Å². The van der Waals surface area contributed by atoms with Crippen LogP contribution in [0.3, 0.4) is 0 Å². The Balaban J connectivity index is 1.74. The first-order valence-electron chi connectivity index (χ1n) is 9.68. The molecule has 1 heterocycles. The van der Waals surface area contributed by atoms with E-state index in [2.05, 4.69) is 17.4 Å². The van der Waals surface area contributed by atoms with Crippen LogP contribution in [0, 0.1) is 0 Å². The van der Waals surface area contributed by atoms with E-state index in [4.69, 9.17) is 18.5 Å². The highest BCUT2D eigenvalue weighted by Gasteiger charge is 2.26. The van der Waals surface area contributed by atoms with E-state index in [0.717, 1.165) is 29.9 Å². The third kappa shape index (κ3) is 5.58. The van der Waals surface area contributed by atoms with Crippen molar-refractivity contribution in [1.82, 2.24) is 5.32 Å². The first kappa shape index (κ1) is 20.9. The van der Waals surface area contributed by atoms with E-state index in [9.17, 15) is 4.57 Å². The Morgan fingerprint density at radius 3 is 2.46 bits per heavy atom. The van der Waals surface area contributed by atoms with Crippen molar-refractivity contribution in [2.24, 2.45) is 0 Å². The second-order valence-electron chi connectivity index (χ2n) is 6.50. The van der Waals surface area contributed by atoms with Crippen molar-refractivity contribution in [3.63, 3.8) is 0 Å². The van der Waals surface area contributed by atoms with Crippen LogP contribution in [0.15, 0.2) is 48.5 Å². The molecule has 0 aliphatic carbocycles. The molecule has 0 aromatic heterocycles. The van der Waals surface area contributed by atoms with Gasteiger partial charge in [-0.15, -0.1) is 0 Å². The first-order chi connectivity index (χ1) is 13.6. The van der Waals surface area contributed by atoms with E-state index < -0.39 is 7.60 Å². The summed E-state index contributed by atoms with van der Waals surface area (Å²) >= 11 is 0. The Kier molecular flexibility index (Phi) is 7.51. The largest absolute Gasteiger partial charge is 0.454 e. The average Bonchev–Trinajstić information content (AvgIpc) is 3.17. The smallest absolute Gasteiger partial charge is 0.344 e. The minimum atomic E-state index is -3.17. The van der Waals surface area contributed by atoms with Gasteiger partial charge >= 0.3 is 7.60 Å². The quantitative estimate of drug-likeness (QED) is 0.536. The van der Waals surface area contributed by atoms with Gasteiger partial charge in [0.1, 0.15) is 0 Å². The van der Waals surface area contributed by atoms with Gasteiger partial charge in [-0.3, -0.25) is 9.88 Å². The fourth-order valence-electron chi connectivity index (χ4n) is 3.22. The number of fused-ring (bicyclic) bond motifs is 1. The third-order valence-corrected chi connectivity index (χ3v) is 6.42. The molecule has 0 saturated heterocycles. The first-order valence-corrected chi connectivity index (χ1v) is 11.4. The number of nitrogens with one attached hydrogen (secondary N) is 1. The van der Waals surface area contributed by atoms with Crippen LogP contribution in [0.25, 0.3) is 0 Å². The minimum absolute atomic E-state index is 0.0241. The fraction of sp³-hybridized carbons (Fsp3) is 0.429. The molecule has 0 saturated carbocycles. The van der Waals surface area contributed by atoms with E-state index >= 15 is 0 Å². The maximum Gasteiger partial charge on any atom is 0.344 e. The van der Waals surface area contributed by atoms with Crippen molar-refractivity contribution < 1.29 is 23.1 Å². The monoisotopic (exact) mass is 405 g/mol. The van der Waals surface area contributed by atoms with Gasteiger partial charge < -0.3 is 18.5 Å². The molecule has 152 valence electrons. The van der Waals surface area contributed by atoms with Crippen molar-refractivity contribution in [3.05, 3.63) is 59.7 Å². The van der Waals surface area contributed by atoms with Crippen molar-refractivity contribution in [2.75, 3.05) is 26.3 Å². The van der Waals surface area contributed by atoms with Gasteiger partial charge in [0, 0.05) is 6.04 Å². The van der Waals surface area contributed by atoms with Crippen LogP contribution in [0.2, 0.25) is 0 Å². The predicted octanol–water partition coefficient (Wildman–Crippen LogP) is 4.90. The molecule has 1 aliphatic heterocycles. The van der Waals surface area contributed by atoms with Gasteiger partial charge in [0.05, 0.1) is 19.5 Å². The van der Waals surface area contributed by atoms with Crippen LogP contribution in [0.4, 0.5) is 0 Å². The highest BCUT2D eigenvalue weighted by Crippen LogP contribution is 2.47. The molecule has 2 aromatic rings. The Morgan fingerprint density at radius 2 is 1.75 bits per heavy atom. The summed E-state index contributed by atoms with van der Waals surface area (Å²) < 4.78 is 34.6. The maximum atomic E-state index is 12.9. The predicted molar refractivity (Wildman–Crippen MR) is 109 cm³/mol. The van der Waals surface area contributed by atoms with Crippen LogP contribution in [-0.2, 0) is 20.0 Å². The maximum absolute atomic E-state index is 12.9. The molecule has 0 bridgehead atoms. The molecule has 1 unspecified atom stereocenters. The van der Waals surface area contributed by atoms with Crippen molar-refractivity contribution in [1.29, 1.82) is 0 Å². The molecular formula is C21H28NO5P. The Bertz CT molecular complexity index is 789. The molecule has 28 heavy (non-hydrogen) atoms. The summed E-state index contributed by atoms with van der Waals surface area (Å²) in [6.07, 6.45) is 1.88. The van der Waals surface area contributed by atoms with Gasteiger partial charge in [0.2, 0.25) is 6.79 Å². The number of aryl methyl sites for hydroxylation is 1.